The van der Waals surface area contributed by atoms with Crippen LogP contribution in [0.1, 0.15) is 94.9 Å². The SMILES string of the molecule is CCC(=O)C(C)(C)CC(C)(C)C(C)(C=CCC(C)(C)C)CC. The van der Waals surface area contributed by atoms with Crippen LogP contribution in [0.3, 0.4) is 0 Å². The Morgan fingerprint density at radius 1 is 0.909 bits per heavy atom. The van der Waals surface area contributed by atoms with Crippen molar-refractivity contribution in [2.75, 3.05) is 0 Å². The molecule has 0 saturated carbocycles. The van der Waals surface area contributed by atoms with E-state index in [1.165, 1.54) is 0 Å². The molecule has 0 aromatic heterocycles. The number of carbonyl (C=O) groups is 1. The van der Waals surface area contributed by atoms with Crippen LogP contribution >= 0.6 is 0 Å². The molecule has 0 saturated heterocycles. The Balaban J connectivity index is 5.29. The molecule has 0 rings (SSSR count). The summed E-state index contributed by atoms with van der Waals surface area (Å²) in [6, 6.07) is 0. The summed E-state index contributed by atoms with van der Waals surface area (Å²) in [6.07, 6.45) is 8.50. The van der Waals surface area contributed by atoms with Gasteiger partial charge in [0.15, 0.2) is 0 Å². The number of allylic oxidation sites excluding steroid dienone is 2. The molecule has 0 aliphatic rings. The first-order valence-corrected chi connectivity index (χ1v) is 8.92. The van der Waals surface area contributed by atoms with Crippen molar-refractivity contribution in [3.8, 4) is 0 Å². The van der Waals surface area contributed by atoms with Crippen molar-refractivity contribution in [2.45, 2.75) is 94.9 Å². The molecule has 0 aliphatic carbocycles. The lowest BCUT2D eigenvalue weighted by Gasteiger charge is -2.46. The van der Waals surface area contributed by atoms with E-state index in [1.54, 1.807) is 0 Å². The molecule has 1 atom stereocenters. The fourth-order valence-electron chi connectivity index (χ4n) is 3.38. The standard InChI is InChI=1S/C21H40O/c1-11-17(22)19(6,7)16-20(8,9)21(10,12-2)15-13-14-18(3,4)5/h13,15H,11-12,14,16H2,1-10H3. The Labute approximate surface area is 140 Å². The van der Waals surface area contributed by atoms with Crippen LogP contribution in [0.25, 0.3) is 0 Å². The molecule has 0 bridgehead atoms. The fraction of sp³-hybridized carbons (Fsp3) is 0.857. The van der Waals surface area contributed by atoms with Crippen LogP contribution in [0.15, 0.2) is 12.2 Å². The summed E-state index contributed by atoms with van der Waals surface area (Å²) >= 11 is 0. The van der Waals surface area contributed by atoms with E-state index in [9.17, 15) is 4.79 Å². The number of ketones is 1. The first kappa shape index (κ1) is 21.4. The average molecular weight is 309 g/mol. The van der Waals surface area contributed by atoms with Gasteiger partial charge in [-0.25, -0.2) is 0 Å². The van der Waals surface area contributed by atoms with Gasteiger partial charge in [0.25, 0.3) is 0 Å². The Morgan fingerprint density at radius 3 is 1.77 bits per heavy atom. The lowest BCUT2D eigenvalue weighted by atomic mass is 9.58. The minimum absolute atomic E-state index is 0.0878. The molecule has 1 nitrogen and oxygen atoms in total. The Kier molecular flexibility index (Phi) is 7.12. The van der Waals surface area contributed by atoms with Crippen LogP contribution in [0.2, 0.25) is 0 Å². The minimum Gasteiger partial charge on any atom is -0.299 e. The maximum atomic E-state index is 12.3. The number of hydrogen-bond acceptors (Lipinski definition) is 1. The zero-order chi connectivity index (χ0) is 17.8. The first-order chi connectivity index (χ1) is 9.71. The van der Waals surface area contributed by atoms with Crippen LogP contribution in [0, 0.1) is 21.7 Å². The summed E-state index contributed by atoms with van der Waals surface area (Å²) in [5.41, 5.74) is 0.285. The van der Waals surface area contributed by atoms with Crippen molar-refractivity contribution in [3.05, 3.63) is 12.2 Å². The monoisotopic (exact) mass is 308 g/mol. The molecule has 0 aromatic rings. The molecule has 1 unspecified atom stereocenters. The molecule has 22 heavy (non-hydrogen) atoms. The average Bonchev–Trinajstić information content (AvgIpc) is 2.34. The third-order valence-corrected chi connectivity index (χ3v) is 5.46. The first-order valence-electron chi connectivity index (χ1n) is 8.92. The maximum absolute atomic E-state index is 12.3. The molecule has 0 aliphatic heterocycles. The van der Waals surface area contributed by atoms with Gasteiger partial charge in [-0.15, -0.1) is 0 Å². The predicted octanol–water partition coefficient (Wildman–Crippen LogP) is 6.82. The summed E-state index contributed by atoms with van der Waals surface area (Å²) in [4.78, 5) is 12.3. The van der Waals surface area contributed by atoms with E-state index in [1.807, 2.05) is 6.92 Å². The van der Waals surface area contributed by atoms with E-state index >= 15 is 0 Å². The van der Waals surface area contributed by atoms with Crippen LogP contribution in [0.5, 0.6) is 0 Å². The van der Waals surface area contributed by atoms with Crippen molar-refractivity contribution >= 4 is 5.78 Å². The minimum atomic E-state index is -0.244. The van der Waals surface area contributed by atoms with E-state index < -0.39 is 0 Å². The topological polar surface area (TPSA) is 17.1 Å². The van der Waals surface area contributed by atoms with Crippen molar-refractivity contribution in [2.24, 2.45) is 21.7 Å². The summed E-state index contributed by atoms with van der Waals surface area (Å²) < 4.78 is 0. The van der Waals surface area contributed by atoms with Gasteiger partial charge >= 0.3 is 0 Å². The second-order valence-electron chi connectivity index (χ2n) is 9.66. The molecule has 0 fully saturated rings. The highest BCUT2D eigenvalue weighted by Gasteiger charge is 2.43. The van der Waals surface area contributed by atoms with E-state index in [2.05, 4.69) is 74.5 Å². The highest BCUT2D eigenvalue weighted by Crippen LogP contribution is 2.50. The van der Waals surface area contributed by atoms with Crippen molar-refractivity contribution in [3.63, 3.8) is 0 Å². The molecule has 0 N–H and O–H groups in total. The molecule has 0 amide bonds. The van der Waals surface area contributed by atoms with Crippen LogP contribution in [-0.2, 0) is 4.79 Å². The lowest BCUT2D eigenvalue weighted by Crippen LogP contribution is -2.39. The van der Waals surface area contributed by atoms with Crippen LogP contribution in [0.4, 0.5) is 0 Å². The van der Waals surface area contributed by atoms with Gasteiger partial charge in [0.05, 0.1) is 0 Å². The van der Waals surface area contributed by atoms with Crippen molar-refractivity contribution < 1.29 is 4.79 Å². The molecule has 1 heteroatoms. The van der Waals surface area contributed by atoms with Gasteiger partial charge in [0.2, 0.25) is 0 Å². The third kappa shape index (κ3) is 5.89. The van der Waals surface area contributed by atoms with Gasteiger partial charge in [-0.1, -0.05) is 81.4 Å². The summed E-state index contributed by atoms with van der Waals surface area (Å²) in [5.74, 6) is 0.373. The second kappa shape index (κ2) is 7.32. The van der Waals surface area contributed by atoms with E-state index in [4.69, 9.17) is 0 Å². The predicted molar refractivity (Wildman–Crippen MR) is 99.1 cm³/mol. The largest absolute Gasteiger partial charge is 0.299 e. The second-order valence-corrected chi connectivity index (χ2v) is 9.66. The van der Waals surface area contributed by atoms with Gasteiger partial charge < -0.3 is 0 Å². The van der Waals surface area contributed by atoms with Gasteiger partial charge in [0, 0.05) is 11.8 Å². The number of Topliss-reactive ketones (excluding diaryl/α,β-unsaturated/α-hetero) is 1. The summed E-state index contributed by atoms with van der Waals surface area (Å²) in [6.45, 7) is 22.3. The maximum Gasteiger partial charge on any atom is 0.138 e. The van der Waals surface area contributed by atoms with Crippen LogP contribution < -0.4 is 0 Å². The Hall–Kier alpha value is -0.590. The molecule has 0 aromatic carbocycles. The lowest BCUT2D eigenvalue weighted by molar-refractivity contribution is -0.129. The number of carbonyl (C=O) groups excluding carboxylic acids is 1. The van der Waals surface area contributed by atoms with E-state index in [0.717, 1.165) is 19.3 Å². The number of rotatable bonds is 8. The zero-order valence-corrected chi connectivity index (χ0v) is 16.9. The fourth-order valence-corrected chi connectivity index (χ4v) is 3.38. The van der Waals surface area contributed by atoms with Gasteiger partial charge in [-0.3, -0.25) is 4.79 Å². The van der Waals surface area contributed by atoms with Gasteiger partial charge in [-0.2, -0.15) is 0 Å². The van der Waals surface area contributed by atoms with Crippen molar-refractivity contribution in [1.82, 2.24) is 0 Å². The molecule has 0 heterocycles. The molecule has 0 radical (unpaired) electrons. The molecular weight excluding hydrogens is 268 g/mol. The van der Waals surface area contributed by atoms with Gasteiger partial charge in [-0.05, 0) is 35.5 Å². The number of hydrogen-bond donors (Lipinski definition) is 0. The molecule has 130 valence electrons. The highest BCUT2D eigenvalue weighted by molar-refractivity contribution is 5.83. The zero-order valence-electron chi connectivity index (χ0n) is 16.9. The van der Waals surface area contributed by atoms with Crippen LogP contribution in [-0.4, -0.2) is 5.78 Å². The normalized spacial score (nSPS) is 16.8. The quantitative estimate of drug-likeness (QED) is 0.450. The van der Waals surface area contributed by atoms with E-state index in [0.29, 0.717) is 17.6 Å². The smallest absolute Gasteiger partial charge is 0.138 e. The van der Waals surface area contributed by atoms with E-state index in [-0.39, 0.29) is 16.2 Å². The molecular formula is C21H40O. The van der Waals surface area contributed by atoms with Crippen molar-refractivity contribution in [1.29, 1.82) is 0 Å². The Morgan fingerprint density at radius 2 is 1.41 bits per heavy atom. The molecule has 0 spiro atoms. The Bertz CT molecular complexity index is 393. The summed E-state index contributed by atoms with van der Waals surface area (Å²) in [5, 5.41) is 0. The summed E-state index contributed by atoms with van der Waals surface area (Å²) in [7, 11) is 0. The van der Waals surface area contributed by atoms with Gasteiger partial charge in [0.1, 0.15) is 5.78 Å². The highest BCUT2D eigenvalue weighted by atomic mass is 16.1. The third-order valence-electron chi connectivity index (χ3n) is 5.46.